The summed E-state index contributed by atoms with van der Waals surface area (Å²) in [5.41, 5.74) is 1.74. The van der Waals surface area contributed by atoms with Gasteiger partial charge in [0.1, 0.15) is 0 Å². The number of hydrogen-bond donors (Lipinski definition) is 1. The quantitative estimate of drug-likeness (QED) is 0.202. The van der Waals surface area contributed by atoms with Crippen molar-refractivity contribution >= 4 is 52.2 Å². The number of aryl methyl sites for hydroxylation is 1. The predicted molar refractivity (Wildman–Crippen MR) is 123 cm³/mol. The van der Waals surface area contributed by atoms with E-state index in [1.165, 1.54) is 30.0 Å². The first kappa shape index (κ1) is 22.8. The Morgan fingerprint density at radius 3 is 2.71 bits per heavy atom. The number of rotatable bonds is 8. The molecule has 2 aromatic carbocycles. The van der Waals surface area contributed by atoms with Gasteiger partial charge in [-0.25, -0.2) is 0 Å². The number of nitrogens with zero attached hydrogens (tertiary/aromatic N) is 4. The second-order valence-electron chi connectivity index (χ2n) is 6.42. The first-order valence-corrected chi connectivity index (χ1v) is 10.7. The molecule has 1 N–H and O–H groups in total. The molecule has 0 aliphatic rings. The van der Waals surface area contributed by atoms with E-state index in [1.54, 1.807) is 35.8 Å². The minimum atomic E-state index is -0.481. The van der Waals surface area contributed by atoms with Gasteiger partial charge in [0, 0.05) is 35.0 Å². The highest BCUT2D eigenvalue weighted by Crippen LogP contribution is 2.31. The van der Waals surface area contributed by atoms with Crippen LogP contribution in [0.1, 0.15) is 5.56 Å². The highest BCUT2D eigenvalue weighted by atomic mass is 35.5. The van der Waals surface area contributed by atoms with Crippen LogP contribution >= 0.6 is 35.0 Å². The third-order valence-corrected chi connectivity index (χ3v) is 5.74. The number of allylic oxidation sites excluding steroid dienone is 1. The number of nitro benzene ring substituents is 1. The number of carbonyl (C=O) groups excluding carboxylic acids is 1. The zero-order valence-electron chi connectivity index (χ0n) is 16.3. The lowest BCUT2D eigenvalue weighted by Crippen LogP contribution is -2.15. The van der Waals surface area contributed by atoms with Gasteiger partial charge in [-0.2, -0.15) is 0 Å². The summed E-state index contributed by atoms with van der Waals surface area (Å²) >= 11 is 13.5. The molecule has 0 spiro atoms. The number of hydrogen-bond acceptors (Lipinski definition) is 6. The van der Waals surface area contributed by atoms with Crippen LogP contribution in [0.4, 0.5) is 11.4 Å². The largest absolute Gasteiger partial charge is 0.325 e. The van der Waals surface area contributed by atoms with Crippen molar-refractivity contribution in [1.29, 1.82) is 0 Å². The Morgan fingerprint density at radius 1 is 1.29 bits per heavy atom. The molecule has 0 fully saturated rings. The molecule has 3 rings (SSSR count). The van der Waals surface area contributed by atoms with E-state index in [0.29, 0.717) is 44.4 Å². The van der Waals surface area contributed by atoms with Crippen molar-refractivity contribution in [3.05, 3.63) is 74.8 Å². The van der Waals surface area contributed by atoms with E-state index >= 15 is 0 Å². The lowest BCUT2D eigenvalue weighted by atomic mass is 10.2. The number of aromatic nitrogens is 3. The van der Waals surface area contributed by atoms with Crippen LogP contribution in [0.2, 0.25) is 10.0 Å². The van der Waals surface area contributed by atoms with E-state index < -0.39 is 4.92 Å². The fourth-order valence-electron chi connectivity index (χ4n) is 2.78. The fraction of sp³-hybridized carbons (Fsp3) is 0.150. The molecule has 0 aliphatic carbocycles. The Kier molecular flexibility index (Phi) is 7.32. The monoisotopic (exact) mass is 477 g/mol. The second kappa shape index (κ2) is 9.95. The zero-order chi connectivity index (χ0) is 22.5. The Morgan fingerprint density at radius 2 is 2.06 bits per heavy atom. The topological polar surface area (TPSA) is 103 Å². The van der Waals surface area contributed by atoms with Gasteiger partial charge in [0.2, 0.25) is 5.91 Å². The van der Waals surface area contributed by atoms with Crippen LogP contribution in [0, 0.1) is 17.0 Å². The first-order chi connectivity index (χ1) is 14.8. The van der Waals surface area contributed by atoms with Crippen molar-refractivity contribution in [3.8, 4) is 11.4 Å². The van der Waals surface area contributed by atoms with Gasteiger partial charge in [-0.05, 0) is 36.8 Å². The van der Waals surface area contributed by atoms with E-state index in [4.69, 9.17) is 23.2 Å². The van der Waals surface area contributed by atoms with Crippen molar-refractivity contribution in [2.24, 2.45) is 0 Å². The highest BCUT2D eigenvalue weighted by Gasteiger charge is 2.18. The van der Waals surface area contributed by atoms with Crippen molar-refractivity contribution in [1.82, 2.24) is 14.8 Å². The number of carbonyl (C=O) groups is 1. The van der Waals surface area contributed by atoms with Crippen molar-refractivity contribution in [2.75, 3.05) is 11.1 Å². The normalized spacial score (nSPS) is 10.7. The number of thioether (sulfide) groups is 1. The molecular weight excluding hydrogens is 461 g/mol. The first-order valence-electron chi connectivity index (χ1n) is 8.97. The van der Waals surface area contributed by atoms with E-state index in [-0.39, 0.29) is 17.3 Å². The molecule has 0 aliphatic heterocycles. The van der Waals surface area contributed by atoms with Crippen LogP contribution in [0.5, 0.6) is 0 Å². The van der Waals surface area contributed by atoms with Gasteiger partial charge in [0.25, 0.3) is 5.69 Å². The van der Waals surface area contributed by atoms with E-state index in [2.05, 4.69) is 22.1 Å². The summed E-state index contributed by atoms with van der Waals surface area (Å²) in [6, 6.07) is 9.36. The molecular formula is C20H17Cl2N5O3S. The van der Waals surface area contributed by atoms with Crippen LogP contribution in [-0.2, 0) is 11.3 Å². The van der Waals surface area contributed by atoms with Gasteiger partial charge in [-0.1, -0.05) is 41.0 Å². The molecule has 1 aromatic heterocycles. The standard InChI is InChI=1S/C20H17Cl2N5O3S/c1-3-8-26-19(15-6-4-13(21)10-16(15)22)24-25-20(26)31-11-18(28)23-17-7-5-14(27(29)30)9-12(17)2/h3-7,9-10H,1,8,11H2,2H3,(H,23,28). The van der Waals surface area contributed by atoms with Crippen molar-refractivity contribution in [3.63, 3.8) is 0 Å². The van der Waals surface area contributed by atoms with Crippen LogP contribution in [-0.4, -0.2) is 31.3 Å². The third-order valence-electron chi connectivity index (χ3n) is 4.23. The Hall–Kier alpha value is -2.88. The molecule has 0 atom stereocenters. The Bertz CT molecular complexity index is 1170. The van der Waals surface area contributed by atoms with Crippen LogP contribution in [0.25, 0.3) is 11.4 Å². The summed E-state index contributed by atoms with van der Waals surface area (Å²) in [7, 11) is 0. The van der Waals surface area contributed by atoms with Crippen LogP contribution in [0.3, 0.4) is 0 Å². The number of non-ortho nitro benzene ring substituents is 1. The van der Waals surface area contributed by atoms with Crippen molar-refractivity contribution in [2.45, 2.75) is 18.6 Å². The summed E-state index contributed by atoms with van der Waals surface area (Å²) in [6.45, 7) is 5.88. The SMILES string of the molecule is C=CCn1c(SCC(=O)Nc2ccc([N+](=O)[O-])cc2C)nnc1-c1ccc(Cl)cc1Cl. The molecule has 31 heavy (non-hydrogen) atoms. The summed E-state index contributed by atoms with van der Waals surface area (Å²) in [6.07, 6.45) is 1.70. The number of anilines is 1. The molecule has 0 saturated heterocycles. The lowest BCUT2D eigenvalue weighted by molar-refractivity contribution is -0.384. The smallest absolute Gasteiger partial charge is 0.269 e. The number of nitro groups is 1. The van der Waals surface area contributed by atoms with Gasteiger partial charge in [0.05, 0.1) is 15.7 Å². The summed E-state index contributed by atoms with van der Waals surface area (Å²) in [5, 5.41) is 23.5. The zero-order valence-corrected chi connectivity index (χ0v) is 18.7. The molecule has 0 radical (unpaired) electrons. The summed E-state index contributed by atoms with van der Waals surface area (Å²) in [4.78, 5) is 22.8. The van der Waals surface area contributed by atoms with Gasteiger partial charge in [-0.15, -0.1) is 16.8 Å². The van der Waals surface area contributed by atoms with Crippen LogP contribution in [0.15, 0.2) is 54.2 Å². The number of nitrogens with one attached hydrogen (secondary N) is 1. The molecule has 11 heteroatoms. The Balaban J connectivity index is 1.74. The minimum Gasteiger partial charge on any atom is -0.325 e. The van der Waals surface area contributed by atoms with E-state index in [1.807, 2.05) is 0 Å². The average Bonchev–Trinajstić information content (AvgIpc) is 3.10. The Labute approximate surface area is 192 Å². The van der Waals surface area contributed by atoms with E-state index in [0.717, 1.165) is 0 Å². The minimum absolute atomic E-state index is 0.0317. The van der Waals surface area contributed by atoms with Crippen molar-refractivity contribution < 1.29 is 9.72 Å². The molecule has 1 amide bonds. The van der Waals surface area contributed by atoms with Gasteiger partial charge in [-0.3, -0.25) is 19.5 Å². The molecule has 160 valence electrons. The average molecular weight is 478 g/mol. The number of benzene rings is 2. The molecule has 3 aromatic rings. The molecule has 8 nitrogen and oxygen atoms in total. The molecule has 0 bridgehead atoms. The fourth-order valence-corrected chi connectivity index (χ4v) is 4.02. The summed E-state index contributed by atoms with van der Waals surface area (Å²) in [5.74, 6) is 0.330. The summed E-state index contributed by atoms with van der Waals surface area (Å²) < 4.78 is 1.80. The second-order valence-corrected chi connectivity index (χ2v) is 8.21. The molecule has 1 heterocycles. The maximum Gasteiger partial charge on any atom is 0.269 e. The van der Waals surface area contributed by atoms with Gasteiger partial charge < -0.3 is 5.32 Å². The van der Waals surface area contributed by atoms with Crippen LogP contribution < -0.4 is 5.32 Å². The lowest BCUT2D eigenvalue weighted by Gasteiger charge is -2.10. The molecule has 0 unspecified atom stereocenters. The van der Waals surface area contributed by atoms with E-state index in [9.17, 15) is 14.9 Å². The van der Waals surface area contributed by atoms with Gasteiger partial charge >= 0.3 is 0 Å². The number of halogens is 2. The predicted octanol–water partition coefficient (Wildman–Crippen LogP) is 5.39. The maximum atomic E-state index is 12.4. The van der Waals surface area contributed by atoms with Gasteiger partial charge in [0.15, 0.2) is 11.0 Å². The number of amides is 1. The highest BCUT2D eigenvalue weighted by molar-refractivity contribution is 7.99. The third kappa shape index (κ3) is 5.43. The molecule has 0 saturated carbocycles. The maximum absolute atomic E-state index is 12.4.